The molecule has 1 aliphatic heterocycles. The van der Waals surface area contributed by atoms with Crippen LogP contribution in [0.2, 0.25) is 0 Å². The van der Waals surface area contributed by atoms with E-state index >= 15 is 0 Å². The van der Waals surface area contributed by atoms with Gasteiger partial charge in [-0.1, -0.05) is 0 Å². The van der Waals surface area contributed by atoms with E-state index in [4.69, 9.17) is 10.5 Å². The van der Waals surface area contributed by atoms with Crippen LogP contribution in [0, 0.1) is 11.7 Å². The summed E-state index contributed by atoms with van der Waals surface area (Å²) < 4.78 is 45.9. The fourth-order valence-corrected chi connectivity index (χ4v) is 3.77. The third kappa shape index (κ3) is 3.47. The Bertz CT molecular complexity index is 571. The number of sulfonamides is 1. The van der Waals surface area contributed by atoms with Gasteiger partial charge in [0.05, 0.1) is 0 Å². The molecule has 5 nitrogen and oxygen atoms in total. The molecule has 0 spiro atoms. The summed E-state index contributed by atoms with van der Waals surface area (Å²) in [6.07, 6.45) is 1.59. The lowest BCUT2D eigenvalue weighted by Crippen LogP contribution is -2.40. The number of hydrogen-bond donors (Lipinski definition) is 2. The Morgan fingerprint density at radius 1 is 1.40 bits per heavy atom. The number of hydrogen-bond acceptors (Lipinski definition) is 4. The Hall–Kier alpha value is -1.18. The van der Waals surface area contributed by atoms with E-state index in [9.17, 15) is 12.8 Å². The minimum absolute atomic E-state index is 0.197. The lowest BCUT2D eigenvalue weighted by atomic mass is 9.94. The van der Waals surface area contributed by atoms with E-state index in [1.165, 1.54) is 6.07 Å². The molecule has 1 fully saturated rings. The minimum atomic E-state index is -3.91. The monoisotopic (exact) mass is 302 g/mol. The van der Waals surface area contributed by atoms with Crippen LogP contribution in [-0.4, -0.2) is 27.7 Å². The van der Waals surface area contributed by atoms with Gasteiger partial charge < -0.3 is 10.5 Å². The first-order valence-electron chi connectivity index (χ1n) is 6.55. The van der Waals surface area contributed by atoms with Crippen molar-refractivity contribution in [2.45, 2.75) is 30.7 Å². The van der Waals surface area contributed by atoms with Crippen LogP contribution in [0.1, 0.15) is 19.8 Å². The van der Waals surface area contributed by atoms with Crippen LogP contribution in [0.3, 0.4) is 0 Å². The van der Waals surface area contributed by atoms with Crippen LogP contribution >= 0.6 is 0 Å². The fraction of sp³-hybridized carbons (Fsp3) is 0.538. The SMILES string of the molecule is CC(NS(=O)(=O)c1cc(N)ccc1F)C1CCOCC1. The van der Waals surface area contributed by atoms with E-state index in [2.05, 4.69) is 4.72 Å². The maximum atomic E-state index is 13.7. The number of rotatable bonds is 4. The van der Waals surface area contributed by atoms with Gasteiger partial charge >= 0.3 is 0 Å². The highest BCUT2D eigenvalue weighted by Crippen LogP contribution is 2.22. The predicted molar refractivity (Wildman–Crippen MR) is 74.1 cm³/mol. The van der Waals surface area contributed by atoms with Crippen LogP contribution in [-0.2, 0) is 14.8 Å². The van der Waals surface area contributed by atoms with Gasteiger partial charge in [0, 0.05) is 24.9 Å². The largest absolute Gasteiger partial charge is 0.399 e. The van der Waals surface area contributed by atoms with Crippen LogP contribution in [0.25, 0.3) is 0 Å². The van der Waals surface area contributed by atoms with Gasteiger partial charge in [-0.05, 0) is 43.9 Å². The Morgan fingerprint density at radius 2 is 2.05 bits per heavy atom. The molecule has 20 heavy (non-hydrogen) atoms. The molecule has 7 heteroatoms. The molecule has 1 aromatic carbocycles. The third-order valence-corrected chi connectivity index (χ3v) is 5.13. The van der Waals surface area contributed by atoms with E-state index in [-0.39, 0.29) is 17.6 Å². The van der Waals surface area contributed by atoms with Crippen molar-refractivity contribution in [2.24, 2.45) is 5.92 Å². The second-order valence-electron chi connectivity index (χ2n) is 5.05. The van der Waals surface area contributed by atoms with Crippen molar-refractivity contribution in [3.05, 3.63) is 24.0 Å². The Labute approximate surface area is 118 Å². The van der Waals surface area contributed by atoms with Gasteiger partial charge in [0.15, 0.2) is 0 Å². The third-order valence-electron chi connectivity index (χ3n) is 3.56. The first-order valence-corrected chi connectivity index (χ1v) is 8.03. The molecular formula is C13H19FN2O3S. The average Bonchev–Trinajstić information content (AvgIpc) is 2.42. The maximum absolute atomic E-state index is 13.7. The molecule has 0 radical (unpaired) electrons. The number of nitrogens with one attached hydrogen (secondary N) is 1. The van der Waals surface area contributed by atoms with Crippen molar-refractivity contribution < 1.29 is 17.5 Å². The number of ether oxygens (including phenoxy) is 1. The van der Waals surface area contributed by atoms with Crippen LogP contribution in [0.5, 0.6) is 0 Å². The van der Waals surface area contributed by atoms with Crippen LogP contribution in [0.4, 0.5) is 10.1 Å². The van der Waals surface area contributed by atoms with Gasteiger partial charge in [-0.2, -0.15) is 0 Å². The smallest absolute Gasteiger partial charge is 0.243 e. The standard InChI is InChI=1S/C13H19FN2O3S/c1-9(10-4-6-19-7-5-10)16-20(17,18)13-8-11(15)2-3-12(13)14/h2-3,8-10,16H,4-7,15H2,1H3. The fourth-order valence-electron chi connectivity index (χ4n) is 2.35. The van der Waals surface area contributed by atoms with Gasteiger partial charge in [-0.25, -0.2) is 17.5 Å². The highest BCUT2D eigenvalue weighted by Gasteiger charge is 2.27. The second-order valence-corrected chi connectivity index (χ2v) is 6.73. The van der Waals surface area contributed by atoms with Crippen molar-refractivity contribution >= 4 is 15.7 Å². The summed E-state index contributed by atoms with van der Waals surface area (Å²) in [6.45, 7) is 3.05. The van der Waals surface area contributed by atoms with E-state index in [1.807, 2.05) is 0 Å². The molecule has 1 heterocycles. The van der Waals surface area contributed by atoms with Crippen molar-refractivity contribution in [3.8, 4) is 0 Å². The zero-order valence-corrected chi connectivity index (χ0v) is 12.1. The van der Waals surface area contributed by atoms with Crippen molar-refractivity contribution in [1.82, 2.24) is 4.72 Å². The zero-order chi connectivity index (χ0) is 14.8. The number of anilines is 1. The van der Waals surface area contributed by atoms with Gasteiger partial charge in [-0.3, -0.25) is 0 Å². The normalized spacial score (nSPS) is 18.9. The summed E-state index contributed by atoms with van der Waals surface area (Å²) in [7, 11) is -3.91. The first kappa shape index (κ1) is 15.2. The molecule has 1 aliphatic rings. The highest BCUT2D eigenvalue weighted by molar-refractivity contribution is 7.89. The summed E-state index contributed by atoms with van der Waals surface area (Å²) in [6, 6.07) is 3.25. The maximum Gasteiger partial charge on any atom is 0.243 e. The lowest BCUT2D eigenvalue weighted by Gasteiger charge is -2.28. The lowest BCUT2D eigenvalue weighted by molar-refractivity contribution is 0.0585. The molecule has 1 saturated heterocycles. The molecule has 2 rings (SSSR count). The minimum Gasteiger partial charge on any atom is -0.399 e. The van der Waals surface area contributed by atoms with Crippen molar-refractivity contribution in [3.63, 3.8) is 0 Å². The van der Waals surface area contributed by atoms with Gasteiger partial charge in [0.25, 0.3) is 0 Å². The Morgan fingerprint density at radius 3 is 2.70 bits per heavy atom. The molecule has 1 aromatic rings. The van der Waals surface area contributed by atoms with Crippen LogP contribution in [0.15, 0.2) is 23.1 Å². The molecule has 3 N–H and O–H groups in total. The molecule has 0 saturated carbocycles. The highest BCUT2D eigenvalue weighted by atomic mass is 32.2. The molecule has 0 bridgehead atoms. The van der Waals surface area contributed by atoms with E-state index in [0.717, 1.165) is 25.0 Å². The molecule has 1 atom stereocenters. The van der Waals surface area contributed by atoms with E-state index in [0.29, 0.717) is 13.2 Å². The molecule has 0 aliphatic carbocycles. The van der Waals surface area contributed by atoms with Gasteiger partial charge in [0.1, 0.15) is 10.7 Å². The quantitative estimate of drug-likeness (QED) is 0.826. The van der Waals surface area contributed by atoms with Crippen LogP contribution < -0.4 is 10.5 Å². The summed E-state index contributed by atoms with van der Waals surface area (Å²) in [5.74, 6) is -0.603. The predicted octanol–water partition coefficient (Wildman–Crippen LogP) is 1.50. The summed E-state index contributed by atoms with van der Waals surface area (Å²) in [4.78, 5) is -0.406. The second kappa shape index (κ2) is 6.07. The van der Waals surface area contributed by atoms with Gasteiger partial charge in [0.2, 0.25) is 10.0 Å². The van der Waals surface area contributed by atoms with E-state index in [1.54, 1.807) is 6.92 Å². The number of halogens is 1. The van der Waals surface area contributed by atoms with Crippen molar-refractivity contribution in [1.29, 1.82) is 0 Å². The van der Waals surface area contributed by atoms with Crippen molar-refractivity contribution in [2.75, 3.05) is 18.9 Å². The Kier molecular flexibility index (Phi) is 4.62. The number of nitrogen functional groups attached to an aromatic ring is 1. The summed E-state index contributed by atoms with van der Waals surface area (Å²) in [5, 5.41) is 0. The van der Waals surface area contributed by atoms with E-state index < -0.39 is 20.7 Å². The molecular weight excluding hydrogens is 283 g/mol. The number of benzene rings is 1. The number of nitrogens with two attached hydrogens (primary N) is 1. The average molecular weight is 302 g/mol. The Balaban J connectivity index is 2.16. The topological polar surface area (TPSA) is 81.4 Å². The first-order chi connectivity index (χ1) is 9.40. The summed E-state index contributed by atoms with van der Waals surface area (Å²) in [5.41, 5.74) is 5.74. The molecule has 0 amide bonds. The molecule has 0 aromatic heterocycles. The summed E-state index contributed by atoms with van der Waals surface area (Å²) >= 11 is 0. The molecule has 1 unspecified atom stereocenters. The van der Waals surface area contributed by atoms with Gasteiger partial charge in [-0.15, -0.1) is 0 Å². The zero-order valence-electron chi connectivity index (χ0n) is 11.3. The molecule has 112 valence electrons.